The van der Waals surface area contributed by atoms with Crippen molar-refractivity contribution >= 4 is 0 Å². The van der Waals surface area contributed by atoms with Crippen LogP contribution in [-0.4, -0.2) is 20.3 Å². The van der Waals surface area contributed by atoms with Gasteiger partial charge in [0.15, 0.2) is 11.5 Å². The molecule has 3 heteroatoms. The number of methoxy groups -OCH3 is 2. The van der Waals surface area contributed by atoms with Gasteiger partial charge in [0.2, 0.25) is 0 Å². The highest BCUT2D eigenvalue weighted by atomic mass is 16.5. The average molecular weight is 295 g/mol. The standard InChI is InChI=1S/C19H21NO2/c1-21-17-9-12-7-8-16-19(15(12)10-18(17)22-2)14-6-4-3-5-13(14)11-20-16/h3-6,9-10,16,19-20H,7-8,11H2,1-2H3/t16-,19-/m1/s1. The summed E-state index contributed by atoms with van der Waals surface area (Å²) in [5.74, 6) is 2.07. The molecule has 2 aromatic rings. The summed E-state index contributed by atoms with van der Waals surface area (Å²) in [6.07, 6.45) is 2.26. The van der Waals surface area contributed by atoms with Crippen molar-refractivity contribution in [3.8, 4) is 11.5 Å². The van der Waals surface area contributed by atoms with E-state index in [1.807, 2.05) is 0 Å². The van der Waals surface area contributed by atoms with E-state index < -0.39 is 0 Å². The van der Waals surface area contributed by atoms with Crippen molar-refractivity contribution in [3.63, 3.8) is 0 Å². The van der Waals surface area contributed by atoms with Crippen LogP contribution in [0.15, 0.2) is 36.4 Å². The van der Waals surface area contributed by atoms with Crippen LogP contribution >= 0.6 is 0 Å². The Hall–Kier alpha value is -2.00. The molecule has 22 heavy (non-hydrogen) atoms. The van der Waals surface area contributed by atoms with Gasteiger partial charge in [-0.1, -0.05) is 24.3 Å². The molecule has 0 saturated heterocycles. The van der Waals surface area contributed by atoms with E-state index in [1.54, 1.807) is 14.2 Å². The van der Waals surface area contributed by atoms with Crippen molar-refractivity contribution in [2.45, 2.75) is 31.3 Å². The second-order valence-electron chi connectivity index (χ2n) is 6.11. The van der Waals surface area contributed by atoms with Gasteiger partial charge in [-0.15, -0.1) is 0 Å². The molecule has 1 aliphatic carbocycles. The molecule has 0 fully saturated rings. The molecule has 1 N–H and O–H groups in total. The van der Waals surface area contributed by atoms with E-state index in [2.05, 4.69) is 41.7 Å². The second-order valence-corrected chi connectivity index (χ2v) is 6.11. The fourth-order valence-electron chi connectivity index (χ4n) is 3.98. The minimum absolute atomic E-state index is 0.411. The van der Waals surface area contributed by atoms with Gasteiger partial charge in [-0.2, -0.15) is 0 Å². The van der Waals surface area contributed by atoms with Crippen LogP contribution < -0.4 is 14.8 Å². The molecule has 0 aromatic heterocycles. The zero-order valence-corrected chi connectivity index (χ0v) is 13.1. The maximum atomic E-state index is 5.52. The summed E-state index contributed by atoms with van der Waals surface area (Å²) in [6, 6.07) is 13.6. The van der Waals surface area contributed by atoms with Crippen LogP contribution in [0.4, 0.5) is 0 Å². The molecule has 2 aliphatic rings. The van der Waals surface area contributed by atoms with Crippen LogP contribution in [0.3, 0.4) is 0 Å². The second kappa shape index (κ2) is 5.33. The van der Waals surface area contributed by atoms with Gasteiger partial charge >= 0.3 is 0 Å². The summed E-state index contributed by atoms with van der Waals surface area (Å²) in [7, 11) is 3.41. The Balaban J connectivity index is 1.89. The van der Waals surface area contributed by atoms with Crippen molar-refractivity contribution in [3.05, 3.63) is 58.7 Å². The van der Waals surface area contributed by atoms with Gasteiger partial charge in [0.1, 0.15) is 0 Å². The summed E-state index contributed by atoms with van der Waals surface area (Å²) in [5.41, 5.74) is 5.64. The summed E-state index contributed by atoms with van der Waals surface area (Å²) < 4.78 is 11.0. The normalized spacial score (nSPS) is 22.3. The van der Waals surface area contributed by atoms with Crippen LogP contribution in [0.5, 0.6) is 11.5 Å². The SMILES string of the molecule is COc1cc2c(cc1OC)[C@H]1c3ccccc3CN[C@@H]1CC2. The number of nitrogens with one attached hydrogen (secondary N) is 1. The molecule has 1 heterocycles. The van der Waals surface area contributed by atoms with E-state index in [1.165, 1.54) is 28.7 Å². The molecule has 3 nitrogen and oxygen atoms in total. The fourth-order valence-corrected chi connectivity index (χ4v) is 3.98. The molecule has 0 amide bonds. The van der Waals surface area contributed by atoms with Crippen molar-refractivity contribution in [2.24, 2.45) is 0 Å². The Kier molecular flexibility index (Phi) is 3.30. The van der Waals surface area contributed by atoms with Crippen molar-refractivity contribution in [1.82, 2.24) is 5.32 Å². The zero-order chi connectivity index (χ0) is 15.1. The molecule has 0 unspecified atom stereocenters. The third kappa shape index (κ3) is 2.00. The minimum atomic E-state index is 0.411. The summed E-state index contributed by atoms with van der Waals surface area (Å²) >= 11 is 0. The molecular formula is C19H21NO2. The molecule has 0 spiro atoms. The molecule has 0 radical (unpaired) electrons. The number of hydrogen-bond donors (Lipinski definition) is 1. The Morgan fingerprint density at radius 2 is 1.73 bits per heavy atom. The maximum absolute atomic E-state index is 5.52. The van der Waals surface area contributed by atoms with E-state index in [4.69, 9.17) is 9.47 Å². The highest BCUT2D eigenvalue weighted by Gasteiger charge is 2.35. The number of aryl methyl sites for hydroxylation is 1. The van der Waals surface area contributed by atoms with Crippen molar-refractivity contribution in [2.75, 3.05) is 14.2 Å². The summed E-state index contributed by atoms with van der Waals surface area (Å²) in [4.78, 5) is 0. The van der Waals surface area contributed by atoms with Crippen molar-refractivity contribution < 1.29 is 9.47 Å². The highest BCUT2D eigenvalue weighted by molar-refractivity contribution is 5.54. The van der Waals surface area contributed by atoms with Crippen LogP contribution in [0.25, 0.3) is 0 Å². The molecule has 0 saturated carbocycles. The number of ether oxygens (including phenoxy) is 2. The summed E-state index contributed by atoms with van der Waals surface area (Å²) in [6.45, 7) is 0.972. The Labute approximate surface area is 131 Å². The lowest BCUT2D eigenvalue weighted by Crippen LogP contribution is -2.42. The first-order valence-corrected chi connectivity index (χ1v) is 7.88. The van der Waals surface area contributed by atoms with Crippen LogP contribution in [0.1, 0.15) is 34.6 Å². The van der Waals surface area contributed by atoms with Gasteiger partial charge in [-0.3, -0.25) is 0 Å². The maximum Gasteiger partial charge on any atom is 0.161 e. The smallest absolute Gasteiger partial charge is 0.161 e. The van der Waals surface area contributed by atoms with Gasteiger partial charge in [-0.05, 0) is 47.2 Å². The highest BCUT2D eigenvalue weighted by Crippen LogP contribution is 2.44. The molecule has 0 bridgehead atoms. The van der Waals surface area contributed by atoms with E-state index in [0.29, 0.717) is 12.0 Å². The van der Waals surface area contributed by atoms with Crippen molar-refractivity contribution in [1.29, 1.82) is 0 Å². The van der Waals surface area contributed by atoms with Gasteiger partial charge in [0.25, 0.3) is 0 Å². The largest absolute Gasteiger partial charge is 0.493 e. The summed E-state index contributed by atoms with van der Waals surface area (Å²) in [5, 5.41) is 3.71. The molecule has 2 aromatic carbocycles. The van der Waals surface area contributed by atoms with Crippen LogP contribution in [-0.2, 0) is 13.0 Å². The van der Waals surface area contributed by atoms with Gasteiger partial charge in [0, 0.05) is 18.5 Å². The molecule has 2 atom stereocenters. The lowest BCUT2D eigenvalue weighted by molar-refractivity contribution is 0.349. The minimum Gasteiger partial charge on any atom is -0.493 e. The van der Waals surface area contributed by atoms with E-state index in [0.717, 1.165) is 24.5 Å². The Morgan fingerprint density at radius 1 is 0.955 bits per heavy atom. The topological polar surface area (TPSA) is 30.5 Å². The molecule has 114 valence electrons. The fraction of sp³-hybridized carbons (Fsp3) is 0.368. The first-order chi connectivity index (χ1) is 10.8. The van der Waals surface area contributed by atoms with Gasteiger partial charge < -0.3 is 14.8 Å². The van der Waals surface area contributed by atoms with E-state index in [-0.39, 0.29) is 0 Å². The zero-order valence-electron chi connectivity index (χ0n) is 13.1. The van der Waals surface area contributed by atoms with E-state index in [9.17, 15) is 0 Å². The Morgan fingerprint density at radius 3 is 2.55 bits per heavy atom. The predicted molar refractivity (Wildman–Crippen MR) is 86.8 cm³/mol. The average Bonchev–Trinajstić information content (AvgIpc) is 2.59. The number of hydrogen-bond acceptors (Lipinski definition) is 3. The van der Waals surface area contributed by atoms with Crippen LogP contribution in [0.2, 0.25) is 0 Å². The lowest BCUT2D eigenvalue weighted by atomic mass is 9.72. The first kappa shape index (κ1) is 13.6. The number of fused-ring (bicyclic) bond motifs is 5. The van der Waals surface area contributed by atoms with Crippen LogP contribution in [0, 0.1) is 0 Å². The molecule has 1 aliphatic heterocycles. The molecule has 4 rings (SSSR count). The molecular weight excluding hydrogens is 274 g/mol. The monoisotopic (exact) mass is 295 g/mol. The third-order valence-corrected chi connectivity index (χ3v) is 5.05. The number of rotatable bonds is 2. The number of benzene rings is 2. The third-order valence-electron chi connectivity index (χ3n) is 5.05. The Bertz CT molecular complexity index is 711. The predicted octanol–water partition coefficient (Wildman–Crippen LogP) is 3.25. The first-order valence-electron chi connectivity index (χ1n) is 7.88. The van der Waals surface area contributed by atoms with E-state index >= 15 is 0 Å². The quantitative estimate of drug-likeness (QED) is 0.922. The van der Waals surface area contributed by atoms with Gasteiger partial charge in [-0.25, -0.2) is 0 Å². The lowest BCUT2D eigenvalue weighted by Gasteiger charge is -2.39. The van der Waals surface area contributed by atoms with Gasteiger partial charge in [0.05, 0.1) is 14.2 Å².